The molecule has 0 radical (unpaired) electrons. The highest BCUT2D eigenvalue weighted by molar-refractivity contribution is 8.18. The van der Waals surface area contributed by atoms with Crippen molar-refractivity contribution in [3.8, 4) is 17.2 Å². The minimum atomic E-state index is -0.664. The topological polar surface area (TPSA) is 97.6 Å². The summed E-state index contributed by atoms with van der Waals surface area (Å²) in [4.78, 5) is 17.5. The van der Waals surface area contributed by atoms with Crippen LogP contribution in [0, 0.1) is 0 Å². The number of carbonyl (C=O) groups is 1. The zero-order valence-corrected chi connectivity index (χ0v) is 17.5. The predicted octanol–water partition coefficient (Wildman–Crippen LogP) is 4.60. The number of methoxy groups -OCH3 is 2. The first-order chi connectivity index (χ1) is 14.5. The normalized spacial score (nSPS) is 16.2. The highest BCUT2D eigenvalue weighted by Crippen LogP contribution is 2.42. The minimum absolute atomic E-state index is 0.00949. The number of hydrogen-bond donors (Lipinski definition) is 2. The number of aliphatic imine (C=N–C) groups is 1. The Morgan fingerprint density at radius 3 is 2.47 bits per heavy atom. The Kier molecular flexibility index (Phi) is 6.68. The van der Waals surface area contributed by atoms with Crippen molar-refractivity contribution in [2.75, 3.05) is 20.8 Å². The third-order valence-corrected chi connectivity index (χ3v) is 5.19. The molecule has 0 fully saturated rings. The van der Waals surface area contributed by atoms with E-state index in [4.69, 9.17) is 14.2 Å². The summed E-state index contributed by atoms with van der Waals surface area (Å²) < 4.78 is 15.7. The number of ether oxygens (including phenoxy) is 3. The monoisotopic (exact) mass is 427 g/mol. The van der Waals surface area contributed by atoms with Crippen LogP contribution in [0.3, 0.4) is 0 Å². The van der Waals surface area contributed by atoms with Gasteiger partial charge in [-0.25, -0.2) is 9.79 Å². The van der Waals surface area contributed by atoms with Gasteiger partial charge in [0.05, 0.1) is 25.7 Å². The van der Waals surface area contributed by atoms with Gasteiger partial charge in [0.2, 0.25) is 0 Å². The van der Waals surface area contributed by atoms with E-state index in [1.165, 1.54) is 19.2 Å². The first-order valence-electron chi connectivity index (χ1n) is 9.07. The van der Waals surface area contributed by atoms with E-state index in [0.717, 1.165) is 17.3 Å². The number of phenols is 1. The summed E-state index contributed by atoms with van der Waals surface area (Å²) in [6.07, 6.45) is 1.70. The third kappa shape index (κ3) is 4.60. The number of esters is 1. The van der Waals surface area contributed by atoms with Gasteiger partial charge in [0.25, 0.3) is 0 Å². The predicted molar refractivity (Wildman–Crippen MR) is 117 cm³/mol. The largest absolute Gasteiger partial charge is 0.508 e. The summed E-state index contributed by atoms with van der Waals surface area (Å²) in [5, 5.41) is 20.5. The summed E-state index contributed by atoms with van der Waals surface area (Å²) in [6.45, 7) is 1.85. The fraction of sp³-hybridized carbons (Fsp3) is 0.182. The SMILES string of the molecule is CCOC(=O)C1=C(O)/C(=C\c2ccc(O)cc2)SC1=Nc1ccc(OC)cc1OC. The van der Waals surface area contributed by atoms with Crippen molar-refractivity contribution in [3.05, 3.63) is 64.3 Å². The molecule has 0 unspecified atom stereocenters. The van der Waals surface area contributed by atoms with E-state index >= 15 is 0 Å². The Morgan fingerprint density at radius 1 is 1.10 bits per heavy atom. The van der Waals surface area contributed by atoms with Gasteiger partial charge in [-0.15, -0.1) is 0 Å². The third-order valence-electron chi connectivity index (χ3n) is 4.17. The maximum atomic E-state index is 12.5. The molecule has 1 aliphatic heterocycles. The van der Waals surface area contributed by atoms with Crippen LogP contribution in [0.25, 0.3) is 6.08 Å². The van der Waals surface area contributed by atoms with Crippen molar-refractivity contribution in [1.82, 2.24) is 0 Å². The average molecular weight is 427 g/mol. The molecule has 156 valence electrons. The number of hydrogen-bond acceptors (Lipinski definition) is 8. The van der Waals surface area contributed by atoms with Crippen LogP contribution in [-0.2, 0) is 9.53 Å². The quantitative estimate of drug-likeness (QED) is 0.650. The molecule has 0 aliphatic carbocycles. The van der Waals surface area contributed by atoms with Gasteiger partial charge in [-0.05, 0) is 42.8 Å². The summed E-state index contributed by atoms with van der Waals surface area (Å²) in [5.41, 5.74) is 1.21. The lowest BCUT2D eigenvalue weighted by molar-refractivity contribution is -0.138. The van der Waals surface area contributed by atoms with E-state index in [1.807, 2.05) is 0 Å². The number of carbonyl (C=O) groups excluding carboxylic acids is 1. The Bertz CT molecular complexity index is 1040. The maximum Gasteiger partial charge on any atom is 0.344 e. The fourth-order valence-electron chi connectivity index (χ4n) is 2.70. The van der Waals surface area contributed by atoms with Crippen molar-refractivity contribution in [2.24, 2.45) is 4.99 Å². The Morgan fingerprint density at radius 2 is 1.83 bits per heavy atom. The molecule has 2 aromatic carbocycles. The molecule has 0 saturated heterocycles. The van der Waals surface area contributed by atoms with E-state index in [2.05, 4.69) is 4.99 Å². The molecule has 0 amide bonds. The van der Waals surface area contributed by atoms with Crippen LogP contribution in [0.4, 0.5) is 5.69 Å². The number of aliphatic hydroxyl groups excluding tert-OH is 1. The number of rotatable bonds is 6. The molecule has 0 saturated carbocycles. The molecule has 2 aromatic rings. The molecule has 2 N–H and O–H groups in total. The van der Waals surface area contributed by atoms with E-state index in [-0.39, 0.29) is 23.7 Å². The first kappa shape index (κ1) is 21.3. The van der Waals surface area contributed by atoms with Gasteiger partial charge >= 0.3 is 5.97 Å². The van der Waals surface area contributed by atoms with Gasteiger partial charge in [0, 0.05) is 6.07 Å². The number of aliphatic hydroxyl groups is 1. The standard InChI is InChI=1S/C22H21NO6S/c1-4-29-22(26)19-20(25)18(11-13-5-7-14(24)8-6-13)30-21(19)23-16-10-9-15(27-2)12-17(16)28-3/h5-12,24-25H,4H2,1-3H3/b18-11+,23-21?. The van der Waals surface area contributed by atoms with Crippen molar-refractivity contribution in [1.29, 1.82) is 0 Å². The van der Waals surface area contributed by atoms with Crippen molar-refractivity contribution >= 4 is 34.5 Å². The van der Waals surface area contributed by atoms with Crippen molar-refractivity contribution in [3.63, 3.8) is 0 Å². The second-order valence-electron chi connectivity index (χ2n) is 6.10. The fourth-order valence-corrected chi connectivity index (χ4v) is 3.73. The molecule has 8 heteroatoms. The van der Waals surface area contributed by atoms with Crippen molar-refractivity contribution < 1.29 is 29.2 Å². The van der Waals surface area contributed by atoms with Crippen LogP contribution >= 0.6 is 11.8 Å². The average Bonchev–Trinajstić information content (AvgIpc) is 3.05. The molecule has 1 heterocycles. The maximum absolute atomic E-state index is 12.5. The van der Waals surface area contributed by atoms with Crippen LogP contribution in [0.2, 0.25) is 0 Å². The van der Waals surface area contributed by atoms with E-state index in [1.54, 1.807) is 50.4 Å². The summed E-state index contributed by atoms with van der Waals surface area (Å²) >= 11 is 1.14. The molecular weight excluding hydrogens is 406 g/mol. The minimum Gasteiger partial charge on any atom is -0.508 e. The molecule has 7 nitrogen and oxygen atoms in total. The summed E-state index contributed by atoms with van der Waals surface area (Å²) in [7, 11) is 3.06. The smallest absolute Gasteiger partial charge is 0.344 e. The number of aromatic hydroxyl groups is 1. The lowest BCUT2D eigenvalue weighted by Gasteiger charge is -2.08. The second-order valence-corrected chi connectivity index (χ2v) is 7.13. The van der Waals surface area contributed by atoms with Gasteiger partial charge in [-0.3, -0.25) is 0 Å². The molecule has 0 aromatic heterocycles. The molecular formula is C22H21NO6S. The zero-order valence-electron chi connectivity index (χ0n) is 16.7. The van der Waals surface area contributed by atoms with Gasteiger partial charge < -0.3 is 24.4 Å². The lowest BCUT2D eigenvalue weighted by atomic mass is 10.1. The molecule has 30 heavy (non-hydrogen) atoms. The Hall–Kier alpha value is -3.39. The Labute approximate surface area is 178 Å². The highest BCUT2D eigenvalue weighted by Gasteiger charge is 2.33. The number of phenolic OH excluding ortho intramolecular Hbond substituents is 1. The molecule has 0 bridgehead atoms. The molecule has 0 atom stereocenters. The van der Waals surface area contributed by atoms with Crippen LogP contribution in [0.1, 0.15) is 12.5 Å². The molecule has 1 aliphatic rings. The van der Waals surface area contributed by atoms with Gasteiger partial charge in [-0.2, -0.15) is 0 Å². The molecule has 0 spiro atoms. The van der Waals surface area contributed by atoms with Gasteiger partial charge in [0.1, 0.15) is 39.3 Å². The van der Waals surface area contributed by atoms with E-state index in [0.29, 0.717) is 27.1 Å². The van der Waals surface area contributed by atoms with E-state index in [9.17, 15) is 15.0 Å². The van der Waals surface area contributed by atoms with Crippen LogP contribution in [0.5, 0.6) is 17.2 Å². The number of thioether (sulfide) groups is 1. The lowest BCUT2D eigenvalue weighted by Crippen LogP contribution is -2.12. The first-order valence-corrected chi connectivity index (χ1v) is 9.88. The summed E-state index contributed by atoms with van der Waals surface area (Å²) in [5.74, 6) is 0.325. The number of nitrogens with zero attached hydrogens (tertiary/aromatic N) is 1. The van der Waals surface area contributed by atoms with Gasteiger partial charge in [0.15, 0.2) is 0 Å². The van der Waals surface area contributed by atoms with Crippen molar-refractivity contribution in [2.45, 2.75) is 6.92 Å². The van der Waals surface area contributed by atoms with E-state index < -0.39 is 5.97 Å². The number of benzene rings is 2. The van der Waals surface area contributed by atoms with Crippen LogP contribution in [0.15, 0.2) is 63.7 Å². The molecule has 3 rings (SSSR count). The van der Waals surface area contributed by atoms with Crippen LogP contribution < -0.4 is 9.47 Å². The summed E-state index contributed by atoms with van der Waals surface area (Å²) in [6, 6.07) is 11.6. The second kappa shape index (κ2) is 9.41. The highest BCUT2D eigenvalue weighted by atomic mass is 32.2. The zero-order chi connectivity index (χ0) is 21.7. The van der Waals surface area contributed by atoms with Crippen LogP contribution in [-0.4, -0.2) is 42.1 Å². The van der Waals surface area contributed by atoms with Gasteiger partial charge in [-0.1, -0.05) is 23.9 Å². The Balaban J connectivity index is 2.06.